The molecular weight excluding hydrogens is 280 g/mol. The highest BCUT2D eigenvalue weighted by Gasteiger charge is 2.04. The van der Waals surface area contributed by atoms with Crippen molar-refractivity contribution in [2.75, 3.05) is 5.32 Å². The third-order valence-corrected chi connectivity index (χ3v) is 2.80. The van der Waals surface area contributed by atoms with Crippen LogP contribution in [0, 0.1) is 22.5 Å². The Bertz CT molecular complexity index is 788. The van der Waals surface area contributed by atoms with Gasteiger partial charge in [0.05, 0.1) is 4.92 Å². The fourth-order valence-corrected chi connectivity index (χ4v) is 1.78. The predicted octanol–water partition coefficient (Wildman–Crippen LogP) is 3.23. The van der Waals surface area contributed by atoms with Crippen molar-refractivity contribution in [3.05, 3.63) is 75.8 Å². The Hall–Kier alpha value is -3.39. The molecule has 2 aromatic rings. The molecule has 0 aliphatic heterocycles. The van der Waals surface area contributed by atoms with Gasteiger partial charge in [-0.3, -0.25) is 14.9 Å². The monoisotopic (exact) mass is 292 g/mol. The van der Waals surface area contributed by atoms with Gasteiger partial charge in [-0.05, 0) is 29.8 Å². The normalized spacial score (nSPS) is 10.1. The number of rotatable bonds is 4. The summed E-state index contributed by atoms with van der Waals surface area (Å²) < 4.78 is 0. The molecule has 0 saturated heterocycles. The number of amides is 1. The number of anilines is 1. The second-order valence-corrected chi connectivity index (χ2v) is 4.40. The molecule has 108 valence electrons. The molecule has 0 aliphatic rings. The molecule has 2 rings (SSSR count). The summed E-state index contributed by atoms with van der Waals surface area (Å²) in [6, 6.07) is 12.9. The maximum absolute atomic E-state index is 11.8. The Morgan fingerprint density at radius 3 is 2.73 bits per heavy atom. The van der Waals surface area contributed by atoms with Crippen molar-refractivity contribution < 1.29 is 9.72 Å². The van der Waals surface area contributed by atoms with Crippen molar-refractivity contribution in [2.45, 2.75) is 0 Å². The largest absolute Gasteiger partial charge is 0.322 e. The number of nitrogens with zero attached hydrogens (tertiary/aromatic N) is 1. The molecule has 0 aliphatic carbocycles. The van der Waals surface area contributed by atoms with Gasteiger partial charge in [-0.2, -0.15) is 0 Å². The predicted molar refractivity (Wildman–Crippen MR) is 85.1 cm³/mol. The molecule has 2 aromatic carbocycles. The third-order valence-electron chi connectivity index (χ3n) is 2.80. The lowest BCUT2D eigenvalue weighted by molar-refractivity contribution is -0.384. The Labute approximate surface area is 127 Å². The summed E-state index contributed by atoms with van der Waals surface area (Å²) in [7, 11) is 0. The van der Waals surface area contributed by atoms with Gasteiger partial charge >= 0.3 is 0 Å². The zero-order valence-corrected chi connectivity index (χ0v) is 11.5. The van der Waals surface area contributed by atoms with Crippen LogP contribution in [0.2, 0.25) is 0 Å². The van der Waals surface area contributed by atoms with Crippen LogP contribution in [0.5, 0.6) is 0 Å². The molecule has 0 heterocycles. The van der Waals surface area contributed by atoms with Crippen molar-refractivity contribution in [3.8, 4) is 12.3 Å². The van der Waals surface area contributed by atoms with Gasteiger partial charge in [-0.1, -0.05) is 24.1 Å². The maximum Gasteiger partial charge on any atom is 0.270 e. The second kappa shape index (κ2) is 6.86. The SMILES string of the molecule is C#Cc1cccc(NC(=O)/C=C/c2cccc([N+](=O)[O-])c2)c1. The van der Waals surface area contributed by atoms with Gasteiger partial charge in [-0.25, -0.2) is 0 Å². The number of non-ortho nitro benzene ring substituents is 1. The first kappa shape index (κ1) is 15.0. The van der Waals surface area contributed by atoms with Crippen LogP contribution in [0.25, 0.3) is 6.08 Å². The Balaban J connectivity index is 2.06. The van der Waals surface area contributed by atoms with Crippen molar-refractivity contribution >= 4 is 23.4 Å². The molecule has 0 fully saturated rings. The maximum atomic E-state index is 11.8. The average molecular weight is 292 g/mol. The molecule has 0 bridgehead atoms. The highest BCUT2D eigenvalue weighted by atomic mass is 16.6. The number of benzene rings is 2. The molecule has 0 radical (unpaired) electrons. The Morgan fingerprint density at radius 2 is 2.00 bits per heavy atom. The molecular formula is C17H12N2O3. The van der Waals surface area contributed by atoms with Crippen LogP contribution in [0.1, 0.15) is 11.1 Å². The molecule has 5 nitrogen and oxygen atoms in total. The van der Waals surface area contributed by atoms with Crippen LogP contribution < -0.4 is 5.32 Å². The number of terminal acetylenes is 1. The van der Waals surface area contributed by atoms with E-state index in [-0.39, 0.29) is 11.6 Å². The Morgan fingerprint density at radius 1 is 1.23 bits per heavy atom. The average Bonchev–Trinajstić information content (AvgIpc) is 2.53. The molecule has 0 saturated carbocycles. The first-order chi connectivity index (χ1) is 10.6. The van der Waals surface area contributed by atoms with Crippen LogP contribution in [0.4, 0.5) is 11.4 Å². The molecule has 0 atom stereocenters. The van der Waals surface area contributed by atoms with E-state index in [1.54, 1.807) is 36.4 Å². The van der Waals surface area contributed by atoms with Crippen LogP contribution in [-0.2, 0) is 4.79 Å². The molecule has 5 heteroatoms. The number of nitrogens with one attached hydrogen (secondary N) is 1. The topological polar surface area (TPSA) is 72.2 Å². The van der Waals surface area contributed by atoms with E-state index in [2.05, 4.69) is 11.2 Å². The van der Waals surface area contributed by atoms with Gasteiger partial charge in [0.2, 0.25) is 5.91 Å². The highest BCUT2D eigenvalue weighted by Crippen LogP contribution is 2.14. The summed E-state index contributed by atoms with van der Waals surface area (Å²) in [6.45, 7) is 0. The first-order valence-corrected chi connectivity index (χ1v) is 6.38. The van der Waals surface area contributed by atoms with E-state index in [4.69, 9.17) is 6.42 Å². The minimum Gasteiger partial charge on any atom is -0.322 e. The lowest BCUT2D eigenvalue weighted by Gasteiger charge is -2.02. The number of carbonyl (C=O) groups is 1. The molecule has 0 spiro atoms. The summed E-state index contributed by atoms with van der Waals surface area (Å²) in [5.74, 6) is 2.14. The summed E-state index contributed by atoms with van der Waals surface area (Å²) in [5, 5.41) is 13.3. The lowest BCUT2D eigenvalue weighted by atomic mass is 10.2. The molecule has 22 heavy (non-hydrogen) atoms. The van der Waals surface area contributed by atoms with Crippen molar-refractivity contribution in [1.82, 2.24) is 0 Å². The quantitative estimate of drug-likeness (QED) is 0.407. The molecule has 0 unspecified atom stereocenters. The minimum atomic E-state index is -0.483. The zero-order chi connectivity index (χ0) is 15.9. The van der Waals surface area contributed by atoms with E-state index in [0.717, 1.165) is 0 Å². The van der Waals surface area contributed by atoms with Gasteiger partial charge < -0.3 is 5.32 Å². The van der Waals surface area contributed by atoms with E-state index in [0.29, 0.717) is 16.8 Å². The van der Waals surface area contributed by atoms with Crippen LogP contribution in [-0.4, -0.2) is 10.8 Å². The zero-order valence-electron chi connectivity index (χ0n) is 11.5. The number of nitro benzene ring substituents is 1. The smallest absolute Gasteiger partial charge is 0.270 e. The second-order valence-electron chi connectivity index (χ2n) is 4.40. The van der Waals surface area contributed by atoms with Crippen molar-refractivity contribution in [3.63, 3.8) is 0 Å². The van der Waals surface area contributed by atoms with E-state index in [1.807, 2.05) is 0 Å². The van der Waals surface area contributed by atoms with Crippen molar-refractivity contribution in [1.29, 1.82) is 0 Å². The summed E-state index contributed by atoms with van der Waals surface area (Å²) >= 11 is 0. The number of nitro groups is 1. The van der Waals surface area contributed by atoms with Gasteiger partial charge in [0.25, 0.3) is 5.69 Å². The van der Waals surface area contributed by atoms with E-state index in [1.165, 1.54) is 24.3 Å². The fourth-order valence-electron chi connectivity index (χ4n) is 1.78. The van der Waals surface area contributed by atoms with Crippen molar-refractivity contribution in [2.24, 2.45) is 0 Å². The minimum absolute atomic E-state index is 0.0238. The highest BCUT2D eigenvalue weighted by molar-refractivity contribution is 6.02. The van der Waals surface area contributed by atoms with E-state index < -0.39 is 4.92 Å². The molecule has 0 aromatic heterocycles. The summed E-state index contributed by atoms with van der Waals surface area (Å²) in [5.41, 5.74) is 1.80. The van der Waals surface area contributed by atoms with E-state index in [9.17, 15) is 14.9 Å². The van der Waals surface area contributed by atoms with Crippen LogP contribution in [0.3, 0.4) is 0 Å². The first-order valence-electron chi connectivity index (χ1n) is 6.38. The fraction of sp³-hybridized carbons (Fsp3) is 0. The van der Waals surface area contributed by atoms with Crippen LogP contribution in [0.15, 0.2) is 54.6 Å². The number of hydrogen-bond acceptors (Lipinski definition) is 3. The van der Waals surface area contributed by atoms with Gasteiger partial charge in [-0.15, -0.1) is 6.42 Å². The number of carbonyl (C=O) groups excluding carboxylic acids is 1. The lowest BCUT2D eigenvalue weighted by Crippen LogP contribution is -2.07. The molecule has 1 amide bonds. The van der Waals surface area contributed by atoms with Gasteiger partial charge in [0.1, 0.15) is 0 Å². The van der Waals surface area contributed by atoms with Gasteiger partial charge in [0.15, 0.2) is 0 Å². The van der Waals surface area contributed by atoms with E-state index >= 15 is 0 Å². The number of hydrogen-bond donors (Lipinski definition) is 1. The van der Waals surface area contributed by atoms with Crippen LogP contribution >= 0.6 is 0 Å². The summed E-state index contributed by atoms with van der Waals surface area (Å²) in [4.78, 5) is 22.0. The Kier molecular flexibility index (Phi) is 4.68. The van der Waals surface area contributed by atoms with Gasteiger partial charge in [0, 0.05) is 29.5 Å². The standard InChI is InChI=1S/C17H12N2O3/c1-2-13-5-3-7-15(11-13)18-17(20)10-9-14-6-4-8-16(12-14)19(21)22/h1,3-12H,(H,18,20)/b10-9+. The molecule has 1 N–H and O–H groups in total. The summed E-state index contributed by atoms with van der Waals surface area (Å²) in [6.07, 6.45) is 8.11. The third kappa shape index (κ3) is 4.05.